The predicted octanol–water partition coefficient (Wildman–Crippen LogP) is -3.20. The van der Waals surface area contributed by atoms with E-state index in [2.05, 4.69) is 24.3 Å². The molecule has 15 heavy (non-hydrogen) atoms. The van der Waals surface area contributed by atoms with E-state index in [0.717, 1.165) is 3.67 Å². The molecule has 0 aliphatic heterocycles. The van der Waals surface area contributed by atoms with Crippen LogP contribution in [0.15, 0.2) is 18.2 Å². The van der Waals surface area contributed by atoms with Crippen LogP contribution in [0, 0.1) is 0 Å². The van der Waals surface area contributed by atoms with Crippen LogP contribution >= 0.6 is 0 Å². The molecule has 77 valence electrons. The Morgan fingerprint density at radius 2 is 1.73 bits per heavy atom. The van der Waals surface area contributed by atoms with Crippen LogP contribution in [0.3, 0.4) is 0 Å². The number of allylic oxidation sites excluding steroid dienone is 1. The first-order valence-electron chi connectivity index (χ1n) is 4.89. The fourth-order valence-electron chi connectivity index (χ4n) is 2.38. The van der Waals surface area contributed by atoms with Gasteiger partial charge in [-0.3, -0.25) is 0 Å². The Morgan fingerprint density at radius 1 is 1.07 bits per heavy atom. The SMILES string of the molecule is [Cl-].[Cl-].[Hf+2][CH]1C=Cc2cc3c(cc21)CCC3. The van der Waals surface area contributed by atoms with Gasteiger partial charge in [-0.25, -0.2) is 0 Å². The summed E-state index contributed by atoms with van der Waals surface area (Å²) in [4.78, 5) is 0. The number of rotatable bonds is 0. The van der Waals surface area contributed by atoms with Gasteiger partial charge in [-0.15, -0.1) is 0 Å². The number of hydrogen-bond donors (Lipinski definition) is 0. The van der Waals surface area contributed by atoms with Gasteiger partial charge in [-0.1, -0.05) is 0 Å². The molecule has 0 saturated carbocycles. The Bertz CT molecular complexity index is 399. The average Bonchev–Trinajstić information content (AvgIpc) is 2.70. The van der Waals surface area contributed by atoms with Gasteiger partial charge in [0, 0.05) is 0 Å². The number of aryl methyl sites for hydroxylation is 2. The molecule has 0 saturated heterocycles. The molecule has 0 heterocycles. The third-order valence-electron chi connectivity index (χ3n) is 3.10. The standard InChI is InChI=1S/C12H11.2ClH.Hf/c1-3-9-7-11-5-2-6-12(11)8-10(9)4-1;;;/h1,3-4,7-8H,2,5-6H2;2*1H;/q;;;+2/p-2. The van der Waals surface area contributed by atoms with Crippen LogP contribution in [-0.2, 0) is 37.2 Å². The van der Waals surface area contributed by atoms with E-state index in [-0.39, 0.29) is 24.8 Å². The van der Waals surface area contributed by atoms with E-state index in [1.165, 1.54) is 49.2 Å². The first kappa shape index (κ1) is 13.5. The molecule has 0 bridgehead atoms. The molecule has 0 fully saturated rings. The van der Waals surface area contributed by atoms with E-state index in [9.17, 15) is 0 Å². The molecule has 0 radical (unpaired) electrons. The summed E-state index contributed by atoms with van der Waals surface area (Å²) >= 11 is 1.26. The molecule has 0 spiro atoms. The first-order valence-corrected chi connectivity index (χ1v) is 6.97. The van der Waals surface area contributed by atoms with Crippen LogP contribution in [0.1, 0.15) is 32.3 Å². The quantitative estimate of drug-likeness (QED) is 0.400. The van der Waals surface area contributed by atoms with Crippen LogP contribution in [0.4, 0.5) is 0 Å². The van der Waals surface area contributed by atoms with Gasteiger partial charge in [0.1, 0.15) is 0 Å². The molecular weight excluding hydrogens is 394 g/mol. The molecule has 1 atom stereocenters. The van der Waals surface area contributed by atoms with Gasteiger partial charge in [-0.2, -0.15) is 0 Å². The fraction of sp³-hybridized carbons (Fsp3) is 0.333. The van der Waals surface area contributed by atoms with Crippen LogP contribution in [0.5, 0.6) is 0 Å². The molecule has 2 aliphatic carbocycles. The first-order chi connectivity index (χ1) is 6.34. The zero-order valence-corrected chi connectivity index (χ0v) is 13.4. The number of halogens is 2. The molecule has 1 unspecified atom stereocenters. The van der Waals surface area contributed by atoms with Crippen LogP contribution in [-0.4, -0.2) is 0 Å². The molecule has 0 N–H and O–H groups in total. The summed E-state index contributed by atoms with van der Waals surface area (Å²) in [5.41, 5.74) is 6.34. The van der Waals surface area contributed by atoms with Crippen molar-refractivity contribution < 1.29 is 49.2 Å². The van der Waals surface area contributed by atoms with Crippen molar-refractivity contribution in [3.63, 3.8) is 0 Å². The maximum absolute atomic E-state index is 2.47. The number of benzene rings is 1. The maximum atomic E-state index is 2.47. The van der Waals surface area contributed by atoms with Crippen molar-refractivity contribution in [2.45, 2.75) is 22.9 Å². The Balaban J connectivity index is 0.000000562. The van der Waals surface area contributed by atoms with Gasteiger partial charge >= 0.3 is 93.9 Å². The van der Waals surface area contributed by atoms with E-state index >= 15 is 0 Å². The van der Waals surface area contributed by atoms with E-state index < -0.39 is 0 Å². The normalized spacial score (nSPS) is 20.3. The summed E-state index contributed by atoms with van der Waals surface area (Å²) < 4.78 is 0.779. The average molecular weight is 405 g/mol. The van der Waals surface area contributed by atoms with E-state index in [4.69, 9.17) is 0 Å². The molecule has 3 heteroatoms. The van der Waals surface area contributed by atoms with Crippen molar-refractivity contribution in [1.82, 2.24) is 0 Å². The van der Waals surface area contributed by atoms with Gasteiger partial charge < -0.3 is 24.8 Å². The summed E-state index contributed by atoms with van der Waals surface area (Å²) in [7, 11) is 0. The van der Waals surface area contributed by atoms with Crippen molar-refractivity contribution in [2.24, 2.45) is 0 Å². The van der Waals surface area contributed by atoms with Gasteiger partial charge in [-0.05, 0) is 0 Å². The number of hydrogen-bond acceptors (Lipinski definition) is 0. The van der Waals surface area contributed by atoms with Crippen molar-refractivity contribution in [3.05, 3.63) is 40.5 Å². The Hall–Kier alpha value is 0.410. The van der Waals surface area contributed by atoms with Gasteiger partial charge in [0.2, 0.25) is 0 Å². The predicted molar refractivity (Wildman–Crippen MR) is 50.2 cm³/mol. The summed E-state index contributed by atoms with van der Waals surface area (Å²) in [5.74, 6) is 0. The van der Waals surface area contributed by atoms with Gasteiger partial charge in [0.25, 0.3) is 0 Å². The molecule has 2 aliphatic rings. The van der Waals surface area contributed by atoms with Crippen LogP contribution in [0.2, 0.25) is 0 Å². The Labute approximate surface area is 118 Å². The van der Waals surface area contributed by atoms with E-state index in [1.54, 1.807) is 16.7 Å². The zero-order valence-electron chi connectivity index (χ0n) is 8.26. The van der Waals surface area contributed by atoms with Gasteiger partial charge in [0.15, 0.2) is 0 Å². The summed E-state index contributed by atoms with van der Waals surface area (Å²) in [6.45, 7) is 0. The minimum atomic E-state index is 0. The second kappa shape index (κ2) is 5.16. The summed E-state index contributed by atoms with van der Waals surface area (Å²) in [6.07, 6.45) is 8.67. The second-order valence-electron chi connectivity index (χ2n) is 3.94. The molecular formula is C12H11Cl2Hf. The van der Waals surface area contributed by atoms with Crippen molar-refractivity contribution in [3.8, 4) is 0 Å². The summed E-state index contributed by atoms with van der Waals surface area (Å²) in [6, 6.07) is 4.89. The zero-order chi connectivity index (χ0) is 8.84. The molecule has 0 nitrogen and oxygen atoms in total. The molecule has 3 rings (SSSR count). The van der Waals surface area contributed by atoms with Crippen molar-refractivity contribution >= 4 is 6.08 Å². The van der Waals surface area contributed by atoms with Crippen molar-refractivity contribution in [1.29, 1.82) is 0 Å². The van der Waals surface area contributed by atoms with E-state index in [1.807, 2.05) is 0 Å². The van der Waals surface area contributed by atoms with Crippen LogP contribution in [0.25, 0.3) is 6.08 Å². The Morgan fingerprint density at radius 3 is 2.47 bits per heavy atom. The number of fused-ring (bicyclic) bond motifs is 2. The molecule has 1 aromatic carbocycles. The second-order valence-corrected chi connectivity index (χ2v) is 6.17. The minimum absolute atomic E-state index is 0. The fourth-order valence-corrected chi connectivity index (χ4v) is 3.62. The topological polar surface area (TPSA) is 0 Å². The third kappa shape index (κ3) is 2.25. The third-order valence-corrected chi connectivity index (χ3v) is 4.91. The van der Waals surface area contributed by atoms with Crippen LogP contribution < -0.4 is 24.8 Å². The van der Waals surface area contributed by atoms with Crippen molar-refractivity contribution in [2.75, 3.05) is 0 Å². The van der Waals surface area contributed by atoms with E-state index in [0.29, 0.717) is 0 Å². The monoisotopic (exact) mass is 405 g/mol. The Kier molecular flexibility index (Phi) is 4.64. The summed E-state index contributed by atoms with van der Waals surface area (Å²) in [5, 5.41) is 0. The molecule has 0 aromatic heterocycles. The molecule has 0 amide bonds. The van der Waals surface area contributed by atoms with Gasteiger partial charge in [0.05, 0.1) is 0 Å². The molecule has 1 aromatic rings.